The van der Waals surface area contributed by atoms with E-state index in [-0.39, 0.29) is 24.8 Å². The van der Waals surface area contributed by atoms with Gasteiger partial charge in [-0.05, 0) is 10.8 Å². The van der Waals surface area contributed by atoms with E-state index in [1.807, 2.05) is 43.3 Å². The van der Waals surface area contributed by atoms with Gasteiger partial charge in [0.2, 0.25) is 0 Å². The molecule has 234 valence electrons. The first kappa shape index (κ1) is 36.2. The topological polar surface area (TPSA) is 0 Å². The molecule has 47 heavy (non-hydrogen) atoms. The quantitative estimate of drug-likeness (QED) is 0.163. The Morgan fingerprint density at radius 1 is 0.681 bits per heavy atom. The zero-order valence-electron chi connectivity index (χ0n) is 25.5. The standard InChI is InChI=1S/C21H13.C15H11F3.C5H5.2ClH.Zr/c1-2-8-15-14(7-1)13-20-18-11-4-3-9-16(18)17-10-5-6-12-19(17)21(15)20;1-11-5-7-12(8-6-11)9-13-3-2-4-14(10-13)15(16,17)18;1-2-4-5-3-1;;;/h1-13H;2-8,10H,1H3;1-3H,4H2;2*1H;/q-1;;-1;;;+2/p-2. The molecule has 0 saturated heterocycles. The molecule has 0 aromatic heterocycles. The first-order chi connectivity index (χ1) is 21.8. The van der Waals surface area contributed by atoms with Crippen LogP contribution in [0, 0.1) is 13.0 Å². The van der Waals surface area contributed by atoms with Crippen LogP contribution in [0.1, 0.15) is 28.7 Å². The summed E-state index contributed by atoms with van der Waals surface area (Å²) in [7, 11) is 0. The van der Waals surface area contributed by atoms with E-state index >= 15 is 0 Å². The van der Waals surface area contributed by atoms with Gasteiger partial charge in [-0.25, -0.2) is 12.2 Å². The normalized spacial score (nSPS) is 11.8. The average Bonchev–Trinajstić information content (AvgIpc) is 3.78. The van der Waals surface area contributed by atoms with Gasteiger partial charge < -0.3 is 24.8 Å². The van der Waals surface area contributed by atoms with Crippen LogP contribution in [0.3, 0.4) is 0 Å². The number of halogens is 5. The second kappa shape index (κ2) is 15.9. The third kappa shape index (κ3) is 8.07. The van der Waals surface area contributed by atoms with Gasteiger partial charge in [-0.2, -0.15) is 6.08 Å². The second-order valence-electron chi connectivity index (χ2n) is 10.9. The predicted octanol–water partition coefficient (Wildman–Crippen LogP) is 5.46. The smallest absolute Gasteiger partial charge is 0.0255 e. The van der Waals surface area contributed by atoms with Gasteiger partial charge in [0.15, 0.2) is 0 Å². The Morgan fingerprint density at radius 2 is 1.28 bits per heavy atom. The molecule has 1 aliphatic carbocycles. The molecule has 0 fully saturated rings. The molecule has 0 nitrogen and oxygen atoms in total. The van der Waals surface area contributed by atoms with Gasteiger partial charge in [0.25, 0.3) is 0 Å². The van der Waals surface area contributed by atoms with Crippen LogP contribution in [0.4, 0.5) is 13.2 Å². The summed E-state index contributed by atoms with van der Waals surface area (Å²) in [6, 6.07) is 41.8. The molecule has 0 atom stereocenters. The van der Waals surface area contributed by atoms with Crippen LogP contribution in [0.2, 0.25) is 0 Å². The van der Waals surface area contributed by atoms with Crippen molar-refractivity contribution in [3.8, 4) is 0 Å². The molecule has 0 radical (unpaired) electrons. The molecular formula is C41H29Cl2F3Zr-2. The SMILES string of the molecule is Cc1ccc([C](=[Zr+2])c2cccc(C(F)(F)F)c2)cc1.[C-]1=CC=CC1.[Cl-].[Cl-].c1ccc2c(c1)[cH-]c1c3ccccc3c3ccccc3c21. The Bertz CT molecular complexity index is 2200. The van der Waals surface area contributed by atoms with Gasteiger partial charge >= 0.3 is 124 Å². The third-order valence-electron chi connectivity index (χ3n) is 7.91. The van der Waals surface area contributed by atoms with Crippen molar-refractivity contribution in [3.63, 3.8) is 0 Å². The van der Waals surface area contributed by atoms with Crippen LogP contribution in [-0.4, -0.2) is 3.21 Å². The number of hydrogen-bond donors (Lipinski definition) is 0. The summed E-state index contributed by atoms with van der Waals surface area (Å²) in [4.78, 5) is 0. The van der Waals surface area contributed by atoms with Crippen LogP contribution >= 0.6 is 0 Å². The van der Waals surface area contributed by atoms with Gasteiger partial charge in [0.1, 0.15) is 0 Å². The largest absolute Gasteiger partial charge is 1.00 e. The maximum Gasteiger partial charge on any atom is -0.0255 e. The average molecular weight is 741 g/mol. The number of aryl methyl sites for hydroxylation is 1. The molecule has 0 spiro atoms. The van der Waals surface area contributed by atoms with Crippen molar-refractivity contribution in [2.24, 2.45) is 0 Å². The minimum Gasteiger partial charge on any atom is -1.00 e. The van der Waals surface area contributed by atoms with Crippen molar-refractivity contribution in [1.82, 2.24) is 0 Å². The van der Waals surface area contributed by atoms with Crippen molar-refractivity contribution in [1.29, 1.82) is 0 Å². The Hall–Kier alpha value is -3.69. The zero-order valence-corrected chi connectivity index (χ0v) is 29.4. The summed E-state index contributed by atoms with van der Waals surface area (Å²) in [6.07, 6.45) is 5.71. The van der Waals surface area contributed by atoms with E-state index < -0.39 is 11.7 Å². The minimum absolute atomic E-state index is 0. The molecule has 0 amide bonds. The molecule has 0 N–H and O–H groups in total. The first-order valence-corrected chi connectivity index (χ1v) is 16.0. The number of rotatable bonds is 2. The molecule has 0 heterocycles. The third-order valence-corrected chi connectivity index (χ3v) is 9.33. The van der Waals surface area contributed by atoms with Crippen molar-refractivity contribution in [2.45, 2.75) is 19.5 Å². The Kier molecular flexibility index (Phi) is 12.3. The van der Waals surface area contributed by atoms with E-state index in [0.717, 1.165) is 51.1 Å². The number of alkyl halides is 3. The van der Waals surface area contributed by atoms with Crippen molar-refractivity contribution < 1.29 is 62.2 Å². The molecule has 0 unspecified atom stereocenters. The summed E-state index contributed by atoms with van der Waals surface area (Å²) in [6.45, 7) is 1.98. The van der Waals surface area contributed by atoms with Crippen molar-refractivity contribution in [2.75, 3.05) is 0 Å². The van der Waals surface area contributed by atoms with Crippen LogP contribution in [0.25, 0.3) is 43.1 Å². The van der Waals surface area contributed by atoms with Crippen LogP contribution < -0.4 is 24.8 Å². The van der Waals surface area contributed by atoms with Gasteiger partial charge in [-0.15, -0.1) is 40.1 Å². The molecule has 6 heteroatoms. The summed E-state index contributed by atoms with van der Waals surface area (Å²) in [5.74, 6) is 0. The van der Waals surface area contributed by atoms with E-state index in [9.17, 15) is 13.2 Å². The molecular weight excluding hydrogens is 712 g/mol. The molecule has 0 bridgehead atoms. The number of allylic oxidation sites excluding steroid dienone is 4. The maximum absolute atomic E-state index is 12.7. The first-order valence-electron chi connectivity index (χ1n) is 14.7. The fourth-order valence-corrected chi connectivity index (χ4v) is 6.48. The summed E-state index contributed by atoms with van der Waals surface area (Å²) < 4.78 is 39.0. The van der Waals surface area contributed by atoms with Crippen LogP contribution in [-0.2, 0) is 30.4 Å². The van der Waals surface area contributed by atoms with Gasteiger partial charge in [0.05, 0.1) is 0 Å². The van der Waals surface area contributed by atoms with E-state index in [1.165, 1.54) is 55.2 Å². The van der Waals surface area contributed by atoms with Crippen molar-refractivity contribution >= 4 is 46.3 Å². The fraction of sp³-hybridized carbons (Fsp3) is 0.0732. The van der Waals surface area contributed by atoms with E-state index in [0.29, 0.717) is 5.56 Å². The summed E-state index contributed by atoms with van der Waals surface area (Å²) >= 11 is 1.10. The Balaban J connectivity index is 0.000000179. The second-order valence-corrected chi connectivity index (χ2v) is 12.2. The minimum atomic E-state index is -4.29. The molecule has 7 aromatic carbocycles. The fourth-order valence-electron chi connectivity index (χ4n) is 5.69. The number of hydrogen-bond acceptors (Lipinski definition) is 0. The molecule has 0 saturated carbocycles. The summed E-state index contributed by atoms with van der Waals surface area (Å²) in [5.41, 5.74) is 2.15. The Labute approximate surface area is 300 Å². The zero-order chi connectivity index (χ0) is 31.4. The molecule has 0 aliphatic heterocycles. The monoisotopic (exact) mass is 738 g/mol. The van der Waals surface area contributed by atoms with Crippen molar-refractivity contribution in [3.05, 3.63) is 174 Å². The van der Waals surface area contributed by atoms with E-state index in [4.69, 9.17) is 0 Å². The van der Waals surface area contributed by atoms with Gasteiger partial charge in [-0.3, -0.25) is 6.08 Å². The van der Waals surface area contributed by atoms with E-state index in [1.54, 1.807) is 6.07 Å². The molecule has 8 rings (SSSR count). The number of fused-ring (bicyclic) bond motifs is 8. The van der Waals surface area contributed by atoms with Gasteiger partial charge in [-0.1, -0.05) is 77.5 Å². The molecule has 1 aliphatic rings. The van der Waals surface area contributed by atoms with Crippen LogP contribution in [0.15, 0.2) is 146 Å². The van der Waals surface area contributed by atoms with Crippen LogP contribution in [0.5, 0.6) is 0 Å². The maximum atomic E-state index is 12.7. The number of benzene rings is 6. The summed E-state index contributed by atoms with van der Waals surface area (Å²) in [5, 5.41) is 10.8. The predicted molar refractivity (Wildman–Crippen MR) is 179 cm³/mol. The van der Waals surface area contributed by atoms with Gasteiger partial charge in [0, 0.05) is 0 Å². The molecule has 7 aromatic rings. The van der Waals surface area contributed by atoms with E-state index in [2.05, 4.69) is 91.0 Å². The Morgan fingerprint density at radius 3 is 1.87 bits per heavy atom.